The standard InChI is InChI=1S/C7H12O2/c1-5-6(9-4)7(2,3)8/h8H,1H2,2-4H3. The van der Waals surface area contributed by atoms with E-state index in [1.54, 1.807) is 13.8 Å². The van der Waals surface area contributed by atoms with Gasteiger partial charge in [-0.2, -0.15) is 0 Å². The molecule has 2 heteroatoms. The van der Waals surface area contributed by atoms with Crippen molar-refractivity contribution in [2.24, 2.45) is 0 Å². The van der Waals surface area contributed by atoms with E-state index >= 15 is 0 Å². The number of aliphatic hydroxyl groups is 1. The van der Waals surface area contributed by atoms with E-state index in [9.17, 15) is 5.11 Å². The third kappa shape index (κ3) is 2.36. The van der Waals surface area contributed by atoms with E-state index in [0.29, 0.717) is 5.76 Å². The van der Waals surface area contributed by atoms with Crippen LogP contribution in [0.25, 0.3) is 0 Å². The van der Waals surface area contributed by atoms with Crippen molar-refractivity contribution in [3.8, 4) is 0 Å². The smallest absolute Gasteiger partial charge is 0.168 e. The molecule has 0 saturated carbocycles. The summed E-state index contributed by atoms with van der Waals surface area (Å²) in [6, 6.07) is 0. The minimum Gasteiger partial charge on any atom is -0.490 e. The fourth-order valence-electron chi connectivity index (χ4n) is 0.538. The zero-order valence-electron chi connectivity index (χ0n) is 6.06. The van der Waals surface area contributed by atoms with E-state index in [1.807, 2.05) is 0 Å². The van der Waals surface area contributed by atoms with Crippen molar-refractivity contribution in [1.29, 1.82) is 0 Å². The Hall–Kier alpha value is -0.720. The van der Waals surface area contributed by atoms with Crippen LogP contribution in [0.2, 0.25) is 0 Å². The molecule has 0 aliphatic heterocycles. The predicted molar refractivity (Wildman–Crippen MR) is 36.0 cm³/mol. The Morgan fingerprint density at radius 1 is 1.67 bits per heavy atom. The van der Waals surface area contributed by atoms with Gasteiger partial charge in [0.25, 0.3) is 0 Å². The lowest BCUT2D eigenvalue weighted by molar-refractivity contribution is 0.0559. The van der Waals surface area contributed by atoms with Crippen LogP contribution in [0.3, 0.4) is 0 Å². The second kappa shape index (κ2) is 2.72. The minimum absolute atomic E-state index is 0.363. The zero-order valence-corrected chi connectivity index (χ0v) is 6.06. The lowest BCUT2D eigenvalue weighted by Crippen LogP contribution is -2.22. The molecule has 9 heavy (non-hydrogen) atoms. The van der Waals surface area contributed by atoms with Crippen LogP contribution in [-0.4, -0.2) is 17.8 Å². The topological polar surface area (TPSA) is 29.5 Å². The third-order valence-electron chi connectivity index (χ3n) is 0.920. The molecule has 0 aromatic rings. The Labute approximate surface area is 55.5 Å². The average molecular weight is 128 g/mol. The van der Waals surface area contributed by atoms with Crippen molar-refractivity contribution in [3.63, 3.8) is 0 Å². The Morgan fingerprint density at radius 3 is 2.11 bits per heavy atom. The summed E-state index contributed by atoms with van der Waals surface area (Å²) < 4.78 is 4.76. The van der Waals surface area contributed by atoms with Gasteiger partial charge in [-0.05, 0) is 13.8 Å². The van der Waals surface area contributed by atoms with Gasteiger partial charge >= 0.3 is 0 Å². The molecule has 0 radical (unpaired) electrons. The Balaban J connectivity index is 4.33. The van der Waals surface area contributed by atoms with E-state index in [0.717, 1.165) is 0 Å². The van der Waals surface area contributed by atoms with Crippen LogP contribution in [0.1, 0.15) is 13.8 Å². The zero-order chi connectivity index (χ0) is 7.49. The summed E-state index contributed by atoms with van der Waals surface area (Å²) in [5.74, 6) is 0.363. The van der Waals surface area contributed by atoms with Gasteiger partial charge in [-0.3, -0.25) is 0 Å². The Bertz CT molecular complexity index is 135. The van der Waals surface area contributed by atoms with Crippen molar-refractivity contribution in [2.75, 3.05) is 7.11 Å². The van der Waals surface area contributed by atoms with Crippen molar-refractivity contribution >= 4 is 0 Å². The number of hydrogen-bond acceptors (Lipinski definition) is 2. The molecule has 0 spiro atoms. The molecule has 0 aliphatic carbocycles. The fraction of sp³-hybridized carbons (Fsp3) is 0.571. The maximum atomic E-state index is 9.21. The summed E-state index contributed by atoms with van der Waals surface area (Å²) in [5.41, 5.74) is 1.52. The molecule has 0 fully saturated rings. The first-order valence-electron chi connectivity index (χ1n) is 2.69. The summed E-state index contributed by atoms with van der Waals surface area (Å²) >= 11 is 0. The van der Waals surface area contributed by atoms with Gasteiger partial charge in [0.2, 0.25) is 0 Å². The van der Waals surface area contributed by atoms with Crippen LogP contribution in [-0.2, 0) is 4.74 Å². The second-order valence-electron chi connectivity index (χ2n) is 2.27. The molecule has 0 aromatic heterocycles. The van der Waals surface area contributed by atoms with Gasteiger partial charge < -0.3 is 9.84 Å². The molecule has 0 bridgehead atoms. The highest BCUT2D eigenvalue weighted by Crippen LogP contribution is 2.13. The SMILES string of the molecule is C=C=C(OC)C(C)(C)O. The summed E-state index contributed by atoms with van der Waals surface area (Å²) in [4.78, 5) is 0. The van der Waals surface area contributed by atoms with Gasteiger partial charge in [0.05, 0.1) is 7.11 Å². The van der Waals surface area contributed by atoms with Crippen molar-refractivity contribution in [1.82, 2.24) is 0 Å². The maximum Gasteiger partial charge on any atom is 0.168 e. The highest BCUT2D eigenvalue weighted by atomic mass is 16.5. The third-order valence-corrected chi connectivity index (χ3v) is 0.920. The molecular formula is C7H12O2. The van der Waals surface area contributed by atoms with Gasteiger partial charge in [0.15, 0.2) is 5.76 Å². The molecule has 1 N–H and O–H groups in total. The Kier molecular flexibility index (Phi) is 2.50. The molecule has 0 rings (SSSR count). The van der Waals surface area contributed by atoms with Crippen LogP contribution in [0.5, 0.6) is 0 Å². The average Bonchev–Trinajstić information content (AvgIpc) is 1.65. The molecule has 0 heterocycles. The highest BCUT2D eigenvalue weighted by Gasteiger charge is 2.18. The van der Waals surface area contributed by atoms with Crippen LogP contribution < -0.4 is 0 Å². The predicted octanol–water partition coefficient (Wildman–Crippen LogP) is 1.07. The first-order valence-corrected chi connectivity index (χ1v) is 2.69. The number of ether oxygens (including phenoxy) is 1. The highest BCUT2D eigenvalue weighted by molar-refractivity contribution is 5.02. The monoisotopic (exact) mass is 128 g/mol. The lowest BCUT2D eigenvalue weighted by atomic mass is 10.1. The van der Waals surface area contributed by atoms with Gasteiger partial charge in [-0.15, -0.1) is 0 Å². The van der Waals surface area contributed by atoms with Crippen LogP contribution in [0, 0.1) is 0 Å². The van der Waals surface area contributed by atoms with Gasteiger partial charge in [0, 0.05) is 0 Å². The Morgan fingerprint density at radius 2 is 2.11 bits per heavy atom. The second-order valence-corrected chi connectivity index (χ2v) is 2.27. The van der Waals surface area contributed by atoms with Crippen molar-refractivity contribution in [2.45, 2.75) is 19.4 Å². The molecular weight excluding hydrogens is 116 g/mol. The molecule has 0 amide bonds. The van der Waals surface area contributed by atoms with Gasteiger partial charge in [-0.1, -0.05) is 12.3 Å². The largest absolute Gasteiger partial charge is 0.490 e. The molecule has 0 atom stereocenters. The summed E-state index contributed by atoms with van der Waals surface area (Å²) in [5, 5.41) is 9.21. The van der Waals surface area contributed by atoms with E-state index in [4.69, 9.17) is 4.74 Å². The van der Waals surface area contributed by atoms with Crippen LogP contribution >= 0.6 is 0 Å². The quantitative estimate of drug-likeness (QED) is 0.445. The summed E-state index contributed by atoms with van der Waals surface area (Å²) in [7, 11) is 1.48. The van der Waals surface area contributed by atoms with Crippen LogP contribution in [0.15, 0.2) is 18.1 Å². The number of hydrogen-bond donors (Lipinski definition) is 1. The van der Waals surface area contributed by atoms with Gasteiger partial charge in [0.1, 0.15) is 5.60 Å². The lowest BCUT2D eigenvalue weighted by Gasteiger charge is -2.17. The van der Waals surface area contributed by atoms with Crippen molar-refractivity contribution < 1.29 is 9.84 Å². The molecule has 0 aliphatic rings. The number of methoxy groups -OCH3 is 1. The normalized spacial score (nSPS) is 10.2. The maximum absolute atomic E-state index is 9.21. The molecule has 0 saturated heterocycles. The fourth-order valence-corrected chi connectivity index (χ4v) is 0.538. The van der Waals surface area contributed by atoms with Crippen LogP contribution in [0.4, 0.5) is 0 Å². The van der Waals surface area contributed by atoms with Crippen molar-refractivity contribution in [3.05, 3.63) is 18.1 Å². The van der Waals surface area contributed by atoms with E-state index in [-0.39, 0.29) is 0 Å². The minimum atomic E-state index is -0.962. The first kappa shape index (κ1) is 8.28. The number of rotatable bonds is 2. The molecule has 0 aromatic carbocycles. The molecule has 52 valence electrons. The van der Waals surface area contributed by atoms with E-state index in [2.05, 4.69) is 12.3 Å². The first-order chi connectivity index (χ1) is 4.02. The molecule has 0 unspecified atom stereocenters. The van der Waals surface area contributed by atoms with Gasteiger partial charge in [-0.25, -0.2) is 0 Å². The molecule has 2 nitrogen and oxygen atoms in total. The summed E-state index contributed by atoms with van der Waals surface area (Å²) in [6.45, 7) is 6.58. The summed E-state index contributed by atoms with van der Waals surface area (Å²) in [6.07, 6.45) is 0. The van der Waals surface area contributed by atoms with E-state index < -0.39 is 5.60 Å². The van der Waals surface area contributed by atoms with E-state index in [1.165, 1.54) is 7.11 Å².